The highest BCUT2D eigenvalue weighted by atomic mass is 35.5. The third-order valence-electron chi connectivity index (χ3n) is 5.91. The van der Waals surface area contributed by atoms with Crippen molar-refractivity contribution in [3.05, 3.63) is 80.7 Å². The number of fused-ring (bicyclic) bond motifs is 1. The van der Waals surface area contributed by atoms with Crippen molar-refractivity contribution in [2.75, 3.05) is 11.9 Å². The summed E-state index contributed by atoms with van der Waals surface area (Å²) in [6.45, 7) is 3.63. The van der Waals surface area contributed by atoms with Crippen LogP contribution in [0.2, 0.25) is 5.02 Å². The van der Waals surface area contributed by atoms with E-state index in [0.717, 1.165) is 41.7 Å². The van der Waals surface area contributed by atoms with Crippen molar-refractivity contribution in [2.45, 2.75) is 45.6 Å². The number of hydrazone groups is 1. The van der Waals surface area contributed by atoms with Crippen molar-refractivity contribution in [1.29, 1.82) is 0 Å². The van der Waals surface area contributed by atoms with Crippen molar-refractivity contribution in [3.63, 3.8) is 0 Å². The molecule has 0 radical (unpaired) electrons. The van der Waals surface area contributed by atoms with Crippen LogP contribution in [0.15, 0.2) is 53.6 Å². The van der Waals surface area contributed by atoms with Crippen LogP contribution in [0.3, 0.4) is 0 Å². The van der Waals surface area contributed by atoms with Crippen LogP contribution < -0.4 is 15.5 Å². The molecule has 1 atom stereocenters. The van der Waals surface area contributed by atoms with Crippen molar-refractivity contribution >= 4 is 51.9 Å². The summed E-state index contributed by atoms with van der Waals surface area (Å²) in [4.78, 5) is 39.1. The fraction of sp³-hybridized carbons (Fsp3) is 0.286. The average Bonchev–Trinajstić information content (AvgIpc) is 3.27. The van der Waals surface area contributed by atoms with E-state index in [4.69, 9.17) is 21.1 Å². The second kappa shape index (κ2) is 12.7. The number of hydrogen-bond acceptors (Lipinski definition) is 7. The Labute approximate surface area is 230 Å². The summed E-state index contributed by atoms with van der Waals surface area (Å²) in [5.41, 5.74) is 5.03. The number of thiophene rings is 1. The molecular formula is C28H28ClN3O5S. The fourth-order valence-corrected chi connectivity index (χ4v) is 5.51. The van der Waals surface area contributed by atoms with E-state index >= 15 is 0 Å². The first-order valence-corrected chi connectivity index (χ1v) is 13.5. The van der Waals surface area contributed by atoms with Gasteiger partial charge in [-0.15, -0.1) is 11.3 Å². The standard InChI is InChI=1S/C28H28ClN3O5S/c1-3-36-28(35)24-22-9-4-5-10-23(22)38-27(24)31-26(34)19-11-13-21(14-12-19)37-17(2)25(33)32-30-16-18-7-6-8-20(29)15-18/h6-8,11-17H,3-5,9-10H2,1-2H3,(H,31,34)(H,32,33). The van der Waals surface area contributed by atoms with E-state index < -0.39 is 18.0 Å². The molecule has 2 N–H and O–H groups in total. The zero-order chi connectivity index (χ0) is 27.1. The molecule has 1 unspecified atom stereocenters. The van der Waals surface area contributed by atoms with Crippen LogP contribution in [0.1, 0.15) is 63.4 Å². The van der Waals surface area contributed by atoms with E-state index in [1.807, 2.05) is 6.07 Å². The number of nitrogens with one attached hydrogen (secondary N) is 2. The number of aryl methyl sites for hydroxylation is 1. The SMILES string of the molecule is CCOC(=O)c1c(NC(=O)c2ccc(OC(C)C(=O)NN=Cc3cccc(Cl)c3)cc2)sc2c1CCCC2. The van der Waals surface area contributed by atoms with E-state index in [1.54, 1.807) is 56.3 Å². The van der Waals surface area contributed by atoms with E-state index in [-0.39, 0.29) is 12.5 Å². The van der Waals surface area contributed by atoms with Gasteiger partial charge in [-0.3, -0.25) is 9.59 Å². The lowest BCUT2D eigenvalue weighted by molar-refractivity contribution is -0.127. The molecule has 1 aromatic heterocycles. The number of ether oxygens (including phenoxy) is 2. The summed E-state index contributed by atoms with van der Waals surface area (Å²) in [5.74, 6) is -0.767. The predicted octanol–water partition coefficient (Wildman–Crippen LogP) is 5.63. The van der Waals surface area contributed by atoms with E-state index in [1.165, 1.54) is 17.6 Å². The second-order valence-electron chi connectivity index (χ2n) is 8.66. The van der Waals surface area contributed by atoms with Crippen LogP contribution in [0.4, 0.5) is 5.00 Å². The quantitative estimate of drug-likeness (QED) is 0.203. The Kier molecular flexibility index (Phi) is 9.15. The molecule has 0 aliphatic heterocycles. The molecule has 0 saturated carbocycles. The normalized spacial score (nSPS) is 13.4. The van der Waals surface area contributed by atoms with Gasteiger partial charge in [-0.2, -0.15) is 5.10 Å². The van der Waals surface area contributed by atoms with Gasteiger partial charge in [0.25, 0.3) is 11.8 Å². The summed E-state index contributed by atoms with van der Waals surface area (Å²) in [6.07, 6.45) is 4.44. The number of hydrogen-bond donors (Lipinski definition) is 2. The van der Waals surface area contributed by atoms with Gasteiger partial charge < -0.3 is 14.8 Å². The third-order valence-corrected chi connectivity index (χ3v) is 7.36. The molecular weight excluding hydrogens is 526 g/mol. The van der Waals surface area contributed by atoms with Crippen LogP contribution in [0.5, 0.6) is 5.75 Å². The summed E-state index contributed by atoms with van der Waals surface area (Å²) in [5, 5.41) is 7.91. The smallest absolute Gasteiger partial charge is 0.341 e. The third kappa shape index (κ3) is 6.79. The minimum Gasteiger partial charge on any atom is -0.481 e. The molecule has 1 aliphatic rings. The van der Waals surface area contributed by atoms with Crippen LogP contribution in [0.25, 0.3) is 0 Å². The number of esters is 1. The van der Waals surface area contributed by atoms with E-state index in [0.29, 0.717) is 26.9 Å². The Morgan fingerprint density at radius 2 is 1.89 bits per heavy atom. The first-order chi connectivity index (χ1) is 18.4. The van der Waals surface area contributed by atoms with Crippen LogP contribution in [-0.4, -0.2) is 36.7 Å². The minimum atomic E-state index is -0.823. The van der Waals surface area contributed by atoms with Crippen molar-refractivity contribution < 1.29 is 23.9 Å². The molecule has 0 spiro atoms. The van der Waals surface area contributed by atoms with Gasteiger partial charge in [-0.05, 0) is 87.1 Å². The monoisotopic (exact) mass is 553 g/mol. The number of anilines is 1. The summed E-state index contributed by atoms with van der Waals surface area (Å²) in [6, 6.07) is 13.5. The molecule has 0 bridgehead atoms. The maximum absolute atomic E-state index is 13.0. The first-order valence-electron chi connectivity index (χ1n) is 12.3. The highest BCUT2D eigenvalue weighted by Crippen LogP contribution is 2.38. The summed E-state index contributed by atoms with van der Waals surface area (Å²) >= 11 is 7.38. The lowest BCUT2D eigenvalue weighted by Crippen LogP contribution is -2.33. The van der Waals surface area contributed by atoms with Crippen molar-refractivity contribution in [2.24, 2.45) is 5.10 Å². The number of nitrogens with zero attached hydrogens (tertiary/aromatic N) is 1. The number of carbonyl (C=O) groups is 3. The van der Waals surface area contributed by atoms with Crippen LogP contribution in [0, 0.1) is 0 Å². The highest BCUT2D eigenvalue weighted by molar-refractivity contribution is 7.17. The Hall–Kier alpha value is -3.69. The van der Waals surface area contributed by atoms with Gasteiger partial charge in [0.15, 0.2) is 6.10 Å². The zero-order valence-electron chi connectivity index (χ0n) is 21.1. The van der Waals surface area contributed by atoms with Gasteiger partial charge in [-0.1, -0.05) is 23.7 Å². The average molecular weight is 554 g/mol. The molecule has 2 amide bonds. The van der Waals surface area contributed by atoms with Gasteiger partial charge in [0.1, 0.15) is 10.8 Å². The van der Waals surface area contributed by atoms with Crippen LogP contribution >= 0.6 is 22.9 Å². The fourth-order valence-electron chi connectivity index (χ4n) is 4.04. The number of carbonyl (C=O) groups excluding carboxylic acids is 3. The maximum atomic E-state index is 13.0. The molecule has 1 heterocycles. The molecule has 1 aliphatic carbocycles. The highest BCUT2D eigenvalue weighted by Gasteiger charge is 2.27. The topological polar surface area (TPSA) is 106 Å². The Balaban J connectivity index is 1.36. The molecule has 10 heteroatoms. The Morgan fingerprint density at radius 3 is 2.63 bits per heavy atom. The predicted molar refractivity (Wildman–Crippen MR) is 149 cm³/mol. The number of benzene rings is 2. The number of amides is 2. The minimum absolute atomic E-state index is 0.267. The molecule has 198 valence electrons. The molecule has 2 aromatic carbocycles. The van der Waals surface area contributed by atoms with Gasteiger partial charge in [0.2, 0.25) is 0 Å². The molecule has 0 saturated heterocycles. The zero-order valence-corrected chi connectivity index (χ0v) is 22.7. The van der Waals surface area contributed by atoms with Gasteiger partial charge in [-0.25, -0.2) is 10.2 Å². The lowest BCUT2D eigenvalue weighted by atomic mass is 9.95. The summed E-state index contributed by atoms with van der Waals surface area (Å²) < 4.78 is 10.9. The van der Waals surface area contributed by atoms with Crippen molar-refractivity contribution in [3.8, 4) is 5.75 Å². The van der Waals surface area contributed by atoms with E-state index in [2.05, 4.69) is 15.8 Å². The number of halogens is 1. The molecule has 8 nitrogen and oxygen atoms in total. The molecule has 3 aromatic rings. The van der Waals surface area contributed by atoms with E-state index in [9.17, 15) is 14.4 Å². The van der Waals surface area contributed by atoms with Gasteiger partial charge >= 0.3 is 5.97 Å². The Morgan fingerprint density at radius 1 is 1.13 bits per heavy atom. The molecule has 4 rings (SSSR count). The van der Waals surface area contributed by atoms with Crippen molar-refractivity contribution in [1.82, 2.24) is 5.43 Å². The van der Waals surface area contributed by atoms with Gasteiger partial charge in [0.05, 0.1) is 18.4 Å². The first kappa shape index (κ1) is 27.3. The Bertz CT molecular complexity index is 1350. The second-order valence-corrected chi connectivity index (χ2v) is 10.2. The molecule has 38 heavy (non-hydrogen) atoms. The molecule has 0 fully saturated rings. The van der Waals surface area contributed by atoms with Gasteiger partial charge in [0, 0.05) is 15.5 Å². The largest absolute Gasteiger partial charge is 0.481 e. The lowest BCUT2D eigenvalue weighted by Gasteiger charge is -2.13. The van der Waals surface area contributed by atoms with Crippen LogP contribution in [-0.2, 0) is 22.4 Å². The summed E-state index contributed by atoms with van der Waals surface area (Å²) in [7, 11) is 0. The number of rotatable bonds is 9. The maximum Gasteiger partial charge on any atom is 0.341 e.